The smallest absolute Gasteiger partial charge is 0.0672 e. The molecule has 2 nitrogen and oxygen atoms in total. The van der Waals surface area contributed by atoms with Crippen LogP contribution in [0, 0.1) is 29.1 Å². The quantitative estimate of drug-likeness (QED) is 0.748. The summed E-state index contributed by atoms with van der Waals surface area (Å²) in [4.78, 5) is 2.50. The van der Waals surface area contributed by atoms with Gasteiger partial charge in [0, 0.05) is 12.6 Å². The topological polar surface area (TPSA) is 27.0 Å². The molecule has 0 heterocycles. The SMILES string of the molecule is CC1CCC(C#N)C(N(C)CC2CCCC2)C1. The Bertz CT molecular complexity index is 275. The Hall–Kier alpha value is -0.550. The summed E-state index contributed by atoms with van der Waals surface area (Å²) in [6, 6.07) is 3.06. The zero-order valence-corrected chi connectivity index (χ0v) is 11.4. The number of nitrogens with zero attached hydrogens (tertiary/aromatic N) is 2. The van der Waals surface area contributed by atoms with Gasteiger partial charge in [-0.05, 0) is 51.0 Å². The van der Waals surface area contributed by atoms with Crippen LogP contribution >= 0.6 is 0 Å². The highest BCUT2D eigenvalue weighted by Gasteiger charge is 2.32. The zero-order valence-electron chi connectivity index (χ0n) is 11.4. The van der Waals surface area contributed by atoms with Gasteiger partial charge in [0.15, 0.2) is 0 Å². The lowest BCUT2D eigenvalue weighted by atomic mass is 9.79. The van der Waals surface area contributed by atoms with Crippen LogP contribution in [0.4, 0.5) is 0 Å². The zero-order chi connectivity index (χ0) is 12.3. The van der Waals surface area contributed by atoms with Crippen molar-refractivity contribution in [1.29, 1.82) is 5.26 Å². The summed E-state index contributed by atoms with van der Waals surface area (Å²) in [5.41, 5.74) is 0. The van der Waals surface area contributed by atoms with Crippen molar-refractivity contribution in [1.82, 2.24) is 4.90 Å². The van der Waals surface area contributed by atoms with Crippen molar-refractivity contribution in [2.24, 2.45) is 17.8 Å². The lowest BCUT2D eigenvalue weighted by Gasteiger charge is -2.38. The van der Waals surface area contributed by atoms with E-state index in [-0.39, 0.29) is 5.92 Å². The molecule has 0 amide bonds. The van der Waals surface area contributed by atoms with Gasteiger partial charge in [-0.1, -0.05) is 19.8 Å². The Morgan fingerprint density at radius 1 is 1.18 bits per heavy atom. The van der Waals surface area contributed by atoms with Gasteiger partial charge in [-0.15, -0.1) is 0 Å². The lowest BCUT2D eigenvalue weighted by Crippen LogP contribution is -2.43. The lowest BCUT2D eigenvalue weighted by molar-refractivity contribution is 0.115. The predicted octanol–water partition coefficient (Wildman–Crippen LogP) is 3.44. The van der Waals surface area contributed by atoms with E-state index >= 15 is 0 Å². The van der Waals surface area contributed by atoms with Gasteiger partial charge in [0.25, 0.3) is 0 Å². The van der Waals surface area contributed by atoms with Gasteiger partial charge in [-0.3, -0.25) is 0 Å². The molecule has 0 aromatic rings. The molecule has 0 bridgehead atoms. The molecule has 2 heteroatoms. The van der Waals surface area contributed by atoms with Gasteiger partial charge in [-0.25, -0.2) is 0 Å². The molecule has 0 aliphatic heterocycles. The molecule has 0 spiro atoms. The first kappa shape index (κ1) is 12.9. The minimum Gasteiger partial charge on any atom is -0.302 e. The first-order valence-electron chi connectivity index (χ1n) is 7.30. The molecule has 0 saturated heterocycles. The maximum absolute atomic E-state index is 9.28. The van der Waals surface area contributed by atoms with Crippen molar-refractivity contribution in [2.75, 3.05) is 13.6 Å². The van der Waals surface area contributed by atoms with E-state index in [1.54, 1.807) is 0 Å². The molecule has 2 aliphatic carbocycles. The highest BCUT2D eigenvalue weighted by atomic mass is 15.1. The highest BCUT2D eigenvalue weighted by Crippen LogP contribution is 2.33. The fraction of sp³-hybridized carbons (Fsp3) is 0.933. The summed E-state index contributed by atoms with van der Waals surface area (Å²) in [5.74, 6) is 1.98. The van der Waals surface area contributed by atoms with Crippen LogP contribution in [0.5, 0.6) is 0 Å². The Balaban J connectivity index is 1.90. The van der Waals surface area contributed by atoms with E-state index in [1.807, 2.05) is 0 Å². The van der Waals surface area contributed by atoms with E-state index in [4.69, 9.17) is 0 Å². The third kappa shape index (κ3) is 3.22. The summed E-state index contributed by atoms with van der Waals surface area (Å²) in [5, 5.41) is 9.28. The van der Waals surface area contributed by atoms with Crippen molar-refractivity contribution in [2.45, 2.75) is 57.9 Å². The molecule has 0 radical (unpaired) electrons. The molecule has 2 fully saturated rings. The van der Waals surface area contributed by atoms with E-state index in [1.165, 1.54) is 45.1 Å². The average Bonchev–Trinajstić information content (AvgIpc) is 2.81. The number of nitriles is 1. The van der Waals surface area contributed by atoms with Crippen LogP contribution in [0.15, 0.2) is 0 Å². The van der Waals surface area contributed by atoms with Gasteiger partial charge in [-0.2, -0.15) is 5.26 Å². The highest BCUT2D eigenvalue weighted by molar-refractivity contribution is 4.96. The Morgan fingerprint density at radius 3 is 2.53 bits per heavy atom. The molecule has 0 aromatic heterocycles. The molecular formula is C15H26N2. The van der Waals surface area contributed by atoms with E-state index in [0.717, 1.165) is 18.3 Å². The van der Waals surface area contributed by atoms with Gasteiger partial charge >= 0.3 is 0 Å². The average molecular weight is 234 g/mol. The van der Waals surface area contributed by atoms with Crippen molar-refractivity contribution in [3.05, 3.63) is 0 Å². The van der Waals surface area contributed by atoms with Crippen molar-refractivity contribution in [3.8, 4) is 6.07 Å². The van der Waals surface area contributed by atoms with Gasteiger partial charge < -0.3 is 4.90 Å². The number of hydrogen-bond donors (Lipinski definition) is 0. The van der Waals surface area contributed by atoms with Crippen LogP contribution in [0.1, 0.15) is 51.9 Å². The summed E-state index contributed by atoms with van der Waals surface area (Å²) in [7, 11) is 2.24. The molecule has 3 unspecified atom stereocenters. The normalized spacial score (nSPS) is 35.1. The molecule has 0 N–H and O–H groups in total. The Labute approximate surface area is 106 Å². The van der Waals surface area contributed by atoms with Crippen LogP contribution in [0.2, 0.25) is 0 Å². The fourth-order valence-corrected chi connectivity index (χ4v) is 3.72. The van der Waals surface area contributed by atoms with Crippen molar-refractivity contribution >= 4 is 0 Å². The summed E-state index contributed by atoms with van der Waals surface area (Å²) in [6.45, 7) is 3.56. The van der Waals surface area contributed by atoms with Crippen molar-refractivity contribution in [3.63, 3.8) is 0 Å². The standard InChI is InChI=1S/C15H26N2/c1-12-7-8-14(10-16)15(9-12)17(2)11-13-5-3-4-6-13/h12-15H,3-9,11H2,1-2H3. The Kier molecular flexibility index (Phi) is 4.45. The molecule has 3 atom stereocenters. The first-order chi connectivity index (χ1) is 8.20. The first-order valence-corrected chi connectivity index (χ1v) is 7.30. The van der Waals surface area contributed by atoms with Crippen LogP contribution in [0.25, 0.3) is 0 Å². The van der Waals surface area contributed by atoms with Gasteiger partial charge in [0.2, 0.25) is 0 Å². The second-order valence-electron chi connectivity index (χ2n) is 6.31. The van der Waals surface area contributed by atoms with E-state index in [2.05, 4.69) is 24.9 Å². The number of rotatable bonds is 3. The number of hydrogen-bond acceptors (Lipinski definition) is 2. The van der Waals surface area contributed by atoms with Crippen molar-refractivity contribution < 1.29 is 0 Å². The minimum absolute atomic E-state index is 0.276. The van der Waals surface area contributed by atoms with Crippen LogP contribution in [0.3, 0.4) is 0 Å². The molecule has 96 valence electrons. The second kappa shape index (κ2) is 5.87. The monoisotopic (exact) mass is 234 g/mol. The largest absolute Gasteiger partial charge is 0.302 e. The predicted molar refractivity (Wildman–Crippen MR) is 70.5 cm³/mol. The van der Waals surface area contributed by atoms with Gasteiger partial charge in [0.05, 0.1) is 12.0 Å². The van der Waals surface area contributed by atoms with E-state index in [0.29, 0.717) is 6.04 Å². The van der Waals surface area contributed by atoms with E-state index in [9.17, 15) is 5.26 Å². The molecule has 2 saturated carbocycles. The third-order valence-corrected chi connectivity index (χ3v) is 4.83. The molecule has 0 aromatic carbocycles. The third-order valence-electron chi connectivity index (χ3n) is 4.83. The summed E-state index contributed by atoms with van der Waals surface area (Å²) < 4.78 is 0. The van der Waals surface area contributed by atoms with Crippen LogP contribution < -0.4 is 0 Å². The summed E-state index contributed by atoms with van der Waals surface area (Å²) >= 11 is 0. The second-order valence-corrected chi connectivity index (χ2v) is 6.31. The van der Waals surface area contributed by atoms with Gasteiger partial charge in [0.1, 0.15) is 0 Å². The van der Waals surface area contributed by atoms with E-state index < -0.39 is 0 Å². The summed E-state index contributed by atoms with van der Waals surface area (Å²) in [6.07, 6.45) is 9.22. The maximum atomic E-state index is 9.28. The fourth-order valence-electron chi connectivity index (χ4n) is 3.72. The molecule has 17 heavy (non-hydrogen) atoms. The van der Waals surface area contributed by atoms with Crippen LogP contribution in [-0.2, 0) is 0 Å². The minimum atomic E-state index is 0.276. The van der Waals surface area contributed by atoms with Crippen LogP contribution in [-0.4, -0.2) is 24.5 Å². The molecular weight excluding hydrogens is 208 g/mol. The molecule has 2 rings (SSSR count). The maximum Gasteiger partial charge on any atom is 0.0672 e. The molecule has 2 aliphatic rings. The Morgan fingerprint density at radius 2 is 1.88 bits per heavy atom.